The second kappa shape index (κ2) is 4.45. The van der Waals surface area contributed by atoms with Crippen molar-refractivity contribution in [3.05, 3.63) is 33.8 Å². The molecular formula is C12H15BrO. The molecule has 14 heavy (non-hydrogen) atoms. The van der Waals surface area contributed by atoms with Crippen LogP contribution >= 0.6 is 15.9 Å². The first-order valence-electron chi connectivity index (χ1n) is 5.11. The van der Waals surface area contributed by atoms with E-state index in [0.29, 0.717) is 5.92 Å². The summed E-state index contributed by atoms with van der Waals surface area (Å²) in [5, 5.41) is 0. The Bertz CT molecular complexity index is 316. The molecule has 1 saturated heterocycles. The summed E-state index contributed by atoms with van der Waals surface area (Å²) in [4.78, 5) is 0. The molecule has 0 atom stereocenters. The molecule has 1 heterocycles. The summed E-state index contributed by atoms with van der Waals surface area (Å²) in [7, 11) is 0. The van der Waals surface area contributed by atoms with E-state index in [-0.39, 0.29) is 0 Å². The first kappa shape index (κ1) is 10.2. The number of benzene rings is 1. The average Bonchev–Trinajstić information content (AvgIpc) is 2.19. The highest BCUT2D eigenvalue weighted by molar-refractivity contribution is 9.10. The summed E-state index contributed by atoms with van der Waals surface area (Å²) in [5.74, 6) is 0.679. The van der Waals surface area contributed by atoms with Gasteiger partial charge in [0.15, 0.2) is 0 Å². The van der Waals surface area contributed by atoms with Gasteiger partial charge in [-0.2, -0.15) is 0 Å². The van der Waals surface area contributed by atoms with E-state index < -0.39 is 0 Å². The van der Waals surface area contributed by atoms with Crippen molar-refractivity contribution in [1.29, 1.82) is 0 Å². The minimum absolute atomic E-state index is 0.679. The molecule has 0 radical (unpaired) electrons. The fourth-order valence-electron chi connectivity index (χ4n) is 1.97. The van der Waals surface area contributed by atoms with Gasteiger partial charge in [0.05, 0.1) is 0 Å². The summed E-state index contributed by atoms with van der Waals surface area (Å²) in [5.41, 5.74) is 2.76. The predicted octanol–water partition coefficient (Wildman–Crippen LogP) is 3.65. The molecule has 2 heteroatoms. The molecule has 0 N–H and O–H groups in total. The van der Waals surface area contributed by atoms with Gasteiger partial charge in [0.25, 0.3) is 0 Å². The molecule has 2 rings (SSSR count). The highest BCUT2D eigenvalue weighted by Gasteiger charge is 2.17. The van der Waals surface area contributed by atoms with Crippen molar-refractivity contribution in [2.24, 2.45) is 0 Å². The molecule has 0 aromatic heterocycles. The summed E-state index contributed by atoms with van der Waals surface area (Å²) < 4.78 is 6.62. The van der Waals surface area contributed by atoms with Crippen molar-refractivity contribution in [2.75, 3.05) is 13.2 Å². The second-order valence-corrected chi connectivity index (χ2v) is 4.77. The van der Waals surface area contributed by atoms with Crippen molar-refractivity contribution in [3.63, 3.8) is 0 Å². The van der Waals surface area contributed by atoms with Gasteiger partial charge in [-0.25, -0.2) is 0 Å². The molecule has 1 aromatic carbocycles. The number of hydrogen-bond donors (Lipinski definition) is 0. The van der Waals surface area contributed by atoms with Gasteiger partial charge in [-0.1, -0.05) is 28.1 Å². The Labute approximate surface area is 93.6 Å². The zero-order valence-electron chi connectivity index (χ0n) is 8.42. The highest BCUT2D eigenvalue weighted by Crippen LogP contribution is 2.32. The topological polar surface area (TPSA) is 9.23 Å². The summed E-state index contributed by atoms with van der Waals surface area (Å²) in [6.45, 7) is 3.94. The first-order valence-corrected chi connectivity index (χ1v) is 5.90. The Kier molecular flexibility index (Phi) is 3.24. The van der Waals surface area contributed by atoms with Gasteiger partial charge in [-0.15, -0.1) is 0 Å². The van der Waals surface area contributed by atoms with E-state index in [2.05, 4.69) is 41.1 Å². The van der Waals surface area contributed by atoms with Crippen LogP contribution in [0.15, 0.2) is 22.7 Å². The normalized spacial score (nSPS) is 18.4. The lowest BCUT2D eigenvalue weighted by Crippen LogP contribution is -2.14. The Morgan fingerprint density at radius 2 is 2.00 bits per heavy atom. The first-order chi connectivity index (χ1) is 6.77. The van der Waals surface area contributed by atoms with Gasteiger partial charge in [-0.05, 0) is 42.9 Å². The van der Waals surface area contributed by atoms with E-state index >= 15 is 0 Å². The second-order valence-electron chi connectivity index (χ2n) is 3.91. The summed E-state index contributed by atoms with van der Waals surface area (Å²) in [6.07, 6.45) is 2.31. The molecule has 0 saturated carbocycles. The monoisotopic (exact) mass is 254 g/mol. The third kappa shape index (κ3) is 2.18. The Morgan fingerprint density at radius 1 is 1.29 bits per heavy atom. The maximum absolute atomic E-state index is 5.37. The number of aryl methyl sites for hydroxylation is 1. The number of halogens is 1. The van der Waals surface area contributed by atoms with E-state index in [1.165, 1.54) is 15.6 Å². The van der Waals surface area contributed by atoms with Gasteiger partial charge in [-0.3, -0.25) is 0 Å². The molecular weight excluding hydrogens is 240 g/mol. The zero-order chi connectivity index (χ0) is 9.97. The van der Waals surface area contributed by atoms with Gasteiger partial charge in [0.2, 0.25) is 0 Å². The molecule has 1 fully saturated rings. The van der Waals surface area contributed by atoms with Crippen LogP contribution in [-0.4, -0.2) is 13.2 Å². The van der Waals surface area contributed by atoms with Gasteiger partial charge in [0, 0.05) is 17.7 Å². The Morgan fingerprint density at radius 3 is 2.64 bits per heavy atom. The van der Waals surface area contributed by atoms with Crippen molar-refractivity contribution in [2.45, 2.75) is 25.7 Å². The SMILES string of the molecule is Cc1ccc(C2CCOCC2)c(Br)c1. The fourth-order valence-corrected chi connectivity index (χ4v) is 2.79. The molecule has 0 aliphatic carbocycles. The van der Waals surface area contributed by atoms with Crippen LogP contribution in [0.4, 0.5) is 0 Å². The molecule has 1 aliphatic heterocycles. The van der Waals surface area contributed by atoms with E-state index in [4.69, 9.17) is 4.74 Å². The third-order valence-electron chi connectivity index (χ3n) is 2.82. The minimum atomic E-state index is 0.679. The molecule has 0 unspecified atom stereocenters. The number of hydrogen-bond acceptors (Lipinski definition) is 1. The van der Waals surface area contributed by atoms with Gasteiger partial charge >= 0.3 is 0 Å². The molecule has 0 bridgehead atoms. The van der Waals surface area contributed by atoms with Crippen molar-refractivity contribution in [1.82, 2.24) is 0 Å². The average molecular weight is 255 g/mol. The van der Waals surface area contributed by atoms with Crippen LogP contribution in [-0.2, 0) is 4.74 Å². The maximum Gasteiger partial charge on any atom is 0.0471 e. The fraction of sp³-hybridized carbons (Fsp3) is 0.500. The largest absolute Gasteiger partial charge is 0.381 e. The maximum atomic E-state index is 5.37. The summed E-state index contributed by atoms with van der Waals surface area (Å²) in [6, 6.07) is 6.63. The van der Waals surface area contributed by atoms with Gasteiger partial charge in [0.1, 0.15) is 0 Å². The smallest absolute Gasteiger partial charge is 0.0471 e. The van der Waals surface area contributed by atoms with Crippen LogP contribution < -0.4 is 0 Å². The molecule has 0 amide bonds. The van der Waals surface area contributed by atoms with Crippen LogP contribution in [0, 0.1) is 6.92 Å². The molecule has 1 nitrogen and oxygen atoms in total. The van der Waals surface area contributed by atoms with Crippen LogP contribution in [0.5, 0.6) is 0 Å². The summed E-state index contributed by atoms with van der Waals surface area (Å²) >= 11 is 3.64. The quantitative estimate of drug-likeness (QED) is 0.744. The van der Waals surface area contributed by atoms with E-state index in [1.54, 1.807) is 0 Å². The van der Waals surface area contributed by atoms with E-state index in [0.717, 1.165) is 26.1 Å². The van der Waals surface area contributed by atoms with Crippen molar-refractivity contribution in [3.8, 4) is 0 Å². The lowest BCUT2D eigenvalue weighted by Gasteiger charge is -2.23. The third-order valence-corrected chi connectivity index (χ3v) is 3.50. The molecule has 76 valence electrons. The lowest BCUT2D eigenvalue weighted by molar-refractivity contribution is 0.0852. The van der Waals surface area contributed by atoms with Crippen LogP contribution in [0.2, 0.25) is 0 Å². The van der Waals surface area contributed by atoms with E-state index in [9.17, 15) is 0 Å². The number of ether oxygens (including phenoxy) is 1. The van der Waals surface area contributed by atoms with Crippen LogP contribution in [0.3, 0.4) is 0 Å². The van der Waals surface area contributed by atoms with Crippen LogP contribution in [0.25, 0.3) is 0 Å². The number of rotatable bonds is 1. The molecule has 0 spiro atoms. The van der Waals surface area contributed by atoms with Crippen molar-refractivity contribution >= 4 is 15.9 Å². The van der Waals surface area contributed by atoms with E-state index in [1.807, 2.05) is 0 Å². The lowest BCUT2D eigenvalue weighted by atomic mass is 9.91. The minimum Gasteiger partial charge on any atom is -0.381 e. The van der Waals surface area contributed by atoms with Gasteiger partial charge < -0.3 is 4.74 Å². The standard InChI is InChI=1S/C12H15BrO/c1-9-2-3-11(12(13)8-9)10-4-6-14-7-5-10/h2-3,8,10H,4-7H2,1H3. The molecule has 1 aliphatic rings. The highest BCUT2D eigenvalue weighted by atomic mass is 79.9. The Balaban J connectivity index is 2.22. The van der Waals surface area contributed by atoms with Crippen LogP contribution in [0.1, 0.15) is 29.9 Å². The molecule has 1 aromatic rings. The zero-order valence-corrected chi connectivity index (χ0v) is 10.0. The Hall–Kier alpha value is -0.340. The van der Waals surface area contributed by atoms with Crippen molar-refractivity contribution < 1.29 is 4.74 Å². The predicted molar refractivity (Wildman–Crippen MR) is 61.7 cm³/mol.